The van der Waals surface area contributed by atoms with Crippen LogP contribution in [0.4, 0.5) is 17.1 Å². The van der Waals surface area contributed by atoms with Crippen LogP contribution in [-0.4, -0.2) is 0 Å². The molecule has 216 valence electrons. The molecule has 0 N–H and O–H groups in total. The summed E-state index contributed by atoms with van der Waals surface area (Å²) in [5, 5.41) is 7.74. The molecule has 0 aliphatic heterocycles. The molecule has 0 amide bonds. The lowest BCUT2D eigenvalue weighted by molar-refractivity contribution is 1.29. The third kappa shape index (κ3) is 4.54. The molecule has 8 aromatic carbocycles. The minimum absolute atomic E-state index is 1.12. The molecule has 0 unspecified atom stereocenters. The quantitative estimate of drug-likeness (QED) is 0.189. The summed E-state index contributed by atoms with van der Waals surface area (Å²) >= 11 is 1.89. The molecule has 9 rings (SSSR count). The molecule has 1 nitrogen and oxygen atoms in total. The maximum Gasteiger partial charge on any atom is 0.0540 e. The number of nitrogens with zero attached hydrogens (tertiary/aromatic N) is 1. The molecule has 0 aliphatic rings. The summed E-state index contributed by atoms with van der Waals surface area (Å²) in [6.07, 6.45) is 0. The standard InChI is InChI=1S/C44H29NS/c1-2-11-32(12-3-1)38-15-8-9-17-42(38)45(37-25-20-30-10-4-5-14-34(30)28-37)36-23-18-31(19-24-36)35-22-27-43-41(29-35)40-26-21-33-13-6-7-16-39(33)44(40)46-43/h1-29H. The lowest BCUT2D eigenvalue weighted by Gasteiger charge is -2.28. The van der Waals surface area contributed by atoms with Gasteiger partial charge in [-0.15, -0.1) is 11.3 Å². The molecule has 1 aromatic heterocycles. The lowest BCUT2D eigenvalue weighted by atomic mass is 9.99. The molecule has 0 bridgehead atoms. The Morgan fingerprint density at radius 3 is 1.91 bits per heavy atom. The van der Waals surface area contributed by atoms with Crippen molar-refractivity contribution in [1.82, 2.24) is 0 Å². The van der Waals surface area contributed by atoms with Crippen LogP contribution in [0.3, 0.4) is 0 Å². The second kappa shape index (κ2) is 11.0. The Bertz CT molecular complexity index is 2530. The van der Waals surface area contributed by atoms with Gasteiger partial charge in [-0.1, -0.05) is 133 Å². The van der Waals surface area contributed by atoms with Gasteiger partial charge < -0.3 is 4.90 Å². The fourth-order valence-electron chi connectivity index (χ4n) is 6.76. The Labute approximate surface area is 272 Å². The highest BCUT2D eigenvalue weighted by Gasteiger charge is 2.18. The summed E-state index contributed by atoms with van der Waals surface area (Å²) in [6.45, 7) is 0. The molecule has 0 spiro atoms. The van der Waals surface area contributed by atoms with E-state index in [-0.39, 0.29) is 0 Å². The molecule has 1 heterocycles. The number of hydrogen-bond acceptors (Lipinski definition) is 2. The average Bonchev–Trinajstić information content (AvgIpc) is 3.51. The van der Waals surface area contributed by atoms with E-state index in [0.717, 1.165) is 17.1 Å². The maximum atomic E-state index is 2.39. The van der Waals surface area contributed by atoms with Gasteiger partial charge in [0.2, 0.25) is 0 Å². The van der Waals surface area contributed by atoms with Crippen LogP contribution in [0.1, 0.15) is 0 Å². The maximum absolute atomic E-state index is 2.39. The van der Waals surface area contributed by atoms with Gasteiger partial charge in [0.1, 0.15) is 0 Å². The Hall–Kier alpha value is -5.70. The first-order chi connectivity index (χ1) is 22.8. The summed E-state index contributed by atoms with van der Waals surface area (Å²) in [7, 11) is 0. The number of thiophene rings is 1. The molecule has 0 aliphatic carbocycles. The normalized spacial score (nSPS) is 11.5. The summed E-state index contributed by atoms with van der Waals surface area (Å²) < 4.78 is 2.69. The molecular weight excluding hydrogens is 575 g/mol. The van der Waals surface area contributed by atoms with Gasteiger partial charge in [-0.2, -0.15) is 0 Å². The first-order valence-corrected chi connectivity index (χ1v) is 16.5. The second-order valence-corrected chi connectivity index (χ2v) is 12.8. The third-order valence-electron chi connectivity index (χ3n) is 9.04. The van der Waals surface area contributed by atoms with Gasteiger partial charge in [-0.3, -0.25) is 0 Å². The largest absolute Gasteiger partial charge is 0.310 e. The molecular formula is C44H29NS. The van der Waals surface area contributed by atoms with Crippen LogP contribution in [0.5, 0.6) is 0 Å². The molecule has 46 heavy (non-hydrogen) atoms. The SMILES string of the molecule is c1ccc(-c2ccccc2N(c2ccc(-c3ccc4sc5c6ccccc6ccc5c4c3)cc2)c2ccc3ccccc3c2)cc1. The summed E-state index contributed by atoms with van der Waals surface area (Å²) in [4.78, 5) is 2.39. The molecule has 0 saturated heterocycles. The fraction of sp³-hybridized carbons (Fsp3) is 0. The van der Waals surface area contributed by atoms with E-state index in [1.807, 2.05) is 11.3 Å². The number of rotatable bonds is 5. The summed E-state index contributed by atoms with van der Waals surface area (Å²) in [5.74, 6) is 0. The second-order valence-electron chi connectivity index (χ2n) is 11.8. The van der Waals surface area contributed by atoms with Gasteiger partial charge in [0, 0.05) is 37.1 Å². The number of hydrogen-bond donors (Lipinski definition) is 0. The highest BCUT2D eigenvalue weighted by atomic mass is 32.1. The van der Waals surface area contributed by atoms with Crippen molar-refractivity contribution < 1.29 is 0 Å². The van der Waals surface area contributed by atoms with Crippen LogP contribution in [-0.2, 0) is 0 Å². The van der Waals surface area contributed by atoms with Crippen molar-refractivity contribution in [2.75, 3.05) is 4.90 Å². The van der Waals surface area contributed by atoms with Crippen LogP contribution in [0.25, 0.3) is 64.0 Å². The van der Waals surface area contributed by atoms with Crippen LogP contribution >= 0.6 is 11.3 Å². The number of para-hydroxylation sites is 1. The van der Waals surface area contributed by atoms with Gasteiger partial charge in [-0.05, 0) is 80.7 Å². The predicted octanol–water partition coefficient (Wildman–Crippen LogP) is 13.2. The van der Waals surface area contributed by atoms with Crippen molar-refractivity contribution in [3.05, 3.63) is 176 Å². The summed E-state index contributed by atoms with van der Waals surface area (Å²) in [6, 6.07) is 63.9. The predicted molar refractivity (Wildman–Crippen MR) is 200 cm³/mol. The number of fused-ring (bicyclic) bond motifs is 6. The van der Waals surface area contributed by atoms with Crippen molar-refractivity contribution in [2.45, 2.75) is 0 Å². The van der Waals surface area contributed by atoms with Crippen LogP contribution < -0.4 is 4.90 Å². The van der Waals surface area contributed by atoms with E-state index < -0.39 is 0 Å². The van der Waals surface area contributed by atoms with Gasteiger partial charge in [0.05, 0.1) is 5.69 Å². The van der Waals surface area contributed by atoms with Crippen LogP contribution in [0, 0.1) is 0 Å². The van der Waals surface area contributed by atoms with E-state index in [2.05, 4.69) is 181 Å². The van der Waals surface area contributed by atoms with E-state index in [9.17, 15) is 0 Å². The van der Waals surface area contributed by atoms with Crippen molar-refractivity contribution in [3.63, 3.8) is 0 Å². The van der Waals surface area contributed by atoms with Crippen LogP contribution in [0.2, 0.25) is 0 Å². The Morgan fingerprint density at radius 1 is 0.370 bits per heavy atom. The first kappa shape index (κ1) is 26.7. The smallest absolute Gasteiger partial charge is 0.0540 e. The zero-order valence-corrected chi connectivity index (χ0v) is 25.9. The van der Waals surface area contributed by atoms with Crippen molar-refractivity contribution in [1.29, 1.82) is 0 Å². The minimum atomic E-state index is 1.12. The van der Waals surface area contributed by atoms with Crippen molar-refractivity contribution in [3.8, 4) is 22.3 Å². The van der Waals surface area contributed by atoms with E-state index in [0.29, 0.717) is 0 Å². The molecule has 0 atom stereocenters. The van der Waals surface area contributed by atoms with E-state index in [1.54, 1.807) is 0 Å². The fourth-order valence-corrected chi connectivity index (χ4v) is 7.98. The molecule has 9 aromatic rings. The molecule has 0 saturated carbocycles. The third-order valence-corrected chi connectivity index (χ3v) is 10.3. The molecule has 0 fully saturated rings. The monoisotopic (exact) mass is 603 g/mol. The Morgan fingerprint density at radius 2 is 1.04 bits per heavy atom. The van der Waals surface area contributed by atoms with Gasteiger partial charge >= 0.3 is 0 Å². The van der Waals surface area contributed by atoms with Crippen molar-refractivity contribution >= 4 is 70.1 Å². The van der Waals surface area contributed by atoms with Crippen molar-refractivity contribution in [2.24, 2.45) is 0 Å². The highest BCUT2D eigenvalue weighted by Crippen LogP contribution is 2.43. The number of benzene rings is 8. The van der Waals surface area contributed by atoms with Gasteiger partial charge in [0.15, 0.2) is 0 Å². The van der Waals surface area contributed by atoms with Gasteiger partial charge in [0.25, 0.3) is 0 Å². The lowest BCUT2D eigenvalue weighted by Crippen LogP contribution is -2.11. The molecule has 0 radical (unpaired) electrons. The average molecular weight is 604 g/mol. The van der Waals surface area contributed by atoms with Crippen LogP contribution in [0.15, 0.2) is 176 Å². The molecule has 2 heteroatoms. The Balaban J connectivity index is 1.17. The van der Waals surface area contributed by atoms with E-state index in [4.69, 9.17) is 0 Å². The Kier molecular flexibility index (Phi) is 6.40. The summed E-state index contributed by atoms with van der Waals surface area (Å²) in [5.41, 5.74) is 8.24. The first-order valence-electron chi connectivity index (χ1n) is 15.7. The zero-order chi connectivity index (χ0) is 30.5. The van der Waals surface area contributed by atoms with E-state index >= 15 is 0 Å². The highest BCUT2D eigenvalue weighted by molar-refractivity contribution is 7.26. The van der Waals surface area contributed by atoms with Gasteiger partial charge in [-0.25, -0.2) is 0 Å². The van der Waals surface area contributed by atoms with E-state index in [1.165, 1.54) is 64.0 Å². The zero-order valence-electron chi connectivity index (χ0n) is 25.1. The topological polar surface area (TPSA) is 3.24 Å². The minimum Gasteiger partial charge on any atom is -0.310 e. The number of anilines is 3.